The van der Waals surface area contributed by atoms with E-state index in [2.05, 4.69) is 0 Å². The van der Waals surface area contributed by atoms with Crippen LogP contribution in [-0.2, 0) is 0 Å². The summed E-state index contributed by atoms with van der Waals surface area (Å²) in [5, 5.41) is 0.140. The Labute approximate surface area is 130 Å². The van der Waals surface area contributed by atoms with Gasteiger partial charge in [-0.1, -0.05) is 11.6 Å². The normalized spacial score (nSPS) is 11.0. The smallest absolute Gasteiger partial charge is 0.267 e. The predicted octanol–water partition coefficient (Wildman–Crippen LogP) is 6.24. The van der Waals surface area contributed by atoms with Gasteiger partial charge in [0, 0.05) is 16.0 Å². The summed E-state index contributed by atoms with van der Waals surface area (Å²) in [6.45, 7) is 1.61. The second-order valence-electron chi connectivity index (χ2n) is 4.31. The molecule has 0 heterocycles. The van der Waals surface area contributed by atoms with Gasteiger partial charge in [0.15, 0.2) is 0 Å². The molecule has 0 saturated heterocycles. The maximum Gasteiger partial charge on any atom is 0.267 e. The van der Waals surface area contributed by atoms with E-state index in [1.807, 2.05) is 6.26 Å². The Bertz CT molecular complexity index is 641. The van der Waals surface area contributed by atoms with Gasteiger partial charge in [-0.05, 0) is 43.0 Å². The molecule has 2 aromatic rings. The van der Waals surface area contributed by atoms with E-state index in [4.69, 9.17) is 16.3 Å². The van der Waals surface area contributed by atoms with Crippen molar-refractivity contribution in [1.82, 2.24) is 0 Å². The molecular formula is C15H12ClF3OS. The number of halogens is 4. The van der Waals surface area contributed by atoms with Crippen LogP contribution < -0.4 is 4.74 Å². The Hall–Kier alpha value is -1.33. The number of thioether (sulfide) groups is 1. The first-order valence-electron chi connectivity index (χ1n) is 6.02. The second-order valence-corrected chi connectivity index (χ2v) is 5.60. The highest BCUT2D eigenvalue weighted by molar-refractivity contribution is 7.98. The first kappa shape index (κ1) is 16.0. The van der Waals surface area contributed by atoms with Gasteiger partial charge in [0.1, 0.15) is 17.3 Å². The van der Waals surface area contributed by atoms with Crippen LogP contribution in [-0.4, -0.2) is 6.26 Å². The molecule has 0 bridgehead atoms. The summed E-state index contributed by atoms with van der Waals surface area (Å²) < 4.78 is 45.2. The van der Waals surface area contributed by atoms with E-state index in [9.17, 15) is 13.2 Å². The number of rotatable bonds is 4. The van der Waals surface area contributed by atoms with Gasteiger partial charge in [0.25, 0.3) is 6.43 Å². The number of hydrogen-bond donors (Lipinski definition) is 0. The summed E-state index contributed by atoms with van der Waals surface area (Å²) in [6, 6.07) is 6.74. The van der Waals surface area contributed by atoms with Crippen molar-refractivity contribution in [2.24, 2.45) is 0 Å². The van der Waals surface area contributed by atoms with E-state index in [0.29, 0.717) is 5.56 Å². The third kappa shape index (κ3) is 3.66. The molecule has 21 heavy (non-hydrogen) atoms. The van der Waals surface area contributed by atoms with E-state index in [0.717, 1.165) is 17.0 Å². The first-order chi connectivity index (χ1) is 9.92. The lowest BCUT2D eigenvalue weighted by Crippen LogP contribution is -1.97. The SMILES string of the molecule is CSc1ccc(Oc2cc(F)cc(Cl)c2)c(C(F)F)c1C. The molecule has 0 N–H and O–H groups in total. The summed E-state index contributed by atoms with van der Waals surface area (Å²) in [5.41, 5.74) is 0.264. The average Bonchev–Trinajstić information content (AvgIpc) is 2.37. The molecule has 0 atom stereocenters. The molecule has 1 nitrogen and oxygen atoms in total. The lowest BCUT2D eigenvalue weighted by Gasteiger charge is -2.15. The highest BCUT2D eigenvalue weighted by Crippen LogP contribution is 2.39. The van der Waals surface area contributed by atoms with E-state index in [-0.39, 0.29) is 22.1 Å². The zero-order chi connectivity index (χ0) is 15.6. The van der Waals surface area contributed by atoms with Crippen molar-refractivity contribution in [3.8, 4) is 11.5 Å². The zero-order valence-electron chi connectivity index (χ0n) is 11.3. The largest absolute Gasteiger partial charge is 0.457 e. The predicted molar refractivity (Wildman–Crippen MR) is 79.4 cm³/mol. The maximum atomic E-state index is 13.3. The summed E-state index contributed by atoms with van der Waals surface area (Å²) >= 11 is 7.10. The van der Waals surface area contributed by atoms with Gasteiger partial charge in [-0.3, -0.25) is 0 Å². The van der Waals surface area contributed by atoms with E-state index in [1.165, 1.54) is 23.9 Å². The Kier molecular flexibility index (Phi) is 5.06. The van der Waals surface area contributed by atoms with Gasteiger partial charge in [0.2, 0.25) is 0 Å². The molecule has 0 fully saturated rings. The lowest BCUT2D eigenvalue weighted by molar-refractivity contribution is 0.147. The van der Waals surface area contributed by atoms with Gasteiger partial charge in [-0.25, -0.2) is 13.2 Å². The van der Waals surface area contributed by atoms with Crippen LogP contribution in [0.2, 0.25) is 5.02 Å². The van der Waals surface area contributed by atoms with Crippen LogP contribution in [0.3, 0.4) is 0 Å². The van der Waals surface area contributed by atoms with Gasteiger partial charge < -0.3 is 4.74 Å². The quantitative estimate of drug-likeness (QED) is 0.613. The Morgan fingerprint density at radius 3 is 2.48 bits per heavy atom. The average molecular weight is 333 g/mol. The van der Waals surface area contributed by atoms with Crippen molar-refractivity contribution in [2.45, 2.75) is 18.2 Å². The maximum absolute atomic E-state index is 13.3. The van der Waals surface area contributed by atoms with E-state index >= 15 is 0 Å². The number of hydrogen-bond acceptors (Lipinski definition) is 2. The number of benzene rings is 2. The van der Waals surface area contributed by atoms with Crippen LogP contribution >= 0.6 is 23.4 Å². The molecule has 0 radical (unpaired) electrons. The van der Waals surface area contributed by atoms with Crippen molar-refractivity contribution in [3.05, 3.63) is 52.3 Å². The van der Waals surface area contributed by atoms with Crippen LogP contribution in [0.1, 0.15) is 17.6 Å². The van der Waals surface area contributed by atoms with Gasteiger partial charge in [0.05, 0.1) is 5.56 Å². The topological polar surface area (TPSA) is 9.23 Å². The minimum atomic E-state index is -2.68. The monoisotopic (exact) mass is 332 g/mol. The van der Waals surface area contributed by atoms with Crippen LogP contribution in [0.5, 0.6) is 11.5 Å². The second kappa shape index (κ2) is 6.62. The third-order valence-corrected chi connectivity index (χ3v) is 4.03. The standard InChI is InChI=1S/C15H12ClF3OS/c1-8-13(21-2)4-3-12(14(8)15(18)19)20-11-6-9(16)5-10(17)7-11/h3-7,15H,1-2H3. The van der Waals surface area contributed by atoms with E-state index in [1.54, 1.807) is 13.0 Å². The van der Waals surface area contributed by atoms with Gasteiger partial charge >= 0.3 is 0 Å². The first-order valence-corrected chi connectivity index (χ1v) is 7.62. The Balaban J connectivity index is 2.46. The van der Waals surface area contributed by atoms with Crippen LogP contribution in [0.15, 0.2) is 35.2 Å². The molecule has 0 aliphatic heterocycles. The summed E-state index contributed by atoms with van der Waals surface area (Å²) in [4.78, 5) is 0.745. The highest BCUT2D eigenvalue weighted by atomic mass is 35.5. The summed E-state index contributed by atoms with van der Waals surface area (Å²) in [7, 11) is 0. The van der Waals surface area contributed by atoms with Gasteiger partial charge in [-0.15, -0.1) is 11.8 Å². The number of alkyl halides is 2. The minimum Gasteiger partial charge on any atom is -0.457 e. The molecule has 0 saturated carbocycles. The molecule has 0 unspecified atom stereocenters. The zero-order valence-corrected chi connectivity index (χ0v) is 12.9. The highest BCUT2D eigenvalue weighted by Gasteiger charge is 2.20. The molecule has 6 heteroatoms. The van der Waals surface area contributed by atoms with Gasteiger partial charge in [-0.2, -0.15) is 0 Å². The van der Waals surface area contributed by atoms with Crippen molar-refractivity contribution in [1.29, 1.82) is 0 Å². The summed E-state index contributed by atoms with van der Waals surface area (Å²) in [5.74, 6) is -0.506. The van der Waals surface area contributed by atoms with Crippen molar-refractivity contribution < 1.29 is 17.9 Å². The van der Waals surface area contributed by atoms with Crippen LogP contribution in [0.4, 0.5) is 13.2 Å². The molecule has 0 aliphatic rings. The minimum absolute atomic E-state index is 0.00182. The molecule has 0 spiro atoms. The molecule has 2 rings (SSSR count). The van der Waals surface area contributed by atoms with Crippen molar-refractivity contribution in [3.63, 3.8) is 0 Å². The van der Waals surface area contributed by atoms with Crippen LogP contribution in [0.25, 0.3) is 0 Å². The molecule has 2 aromatic carbocycles. The fourth-order valence-electron chi connectivity index (χ4n) is 1.98. The Morgan fingerprint density at radius 1 is 1.19 bits per heavy atom. The molecular weight excluding hydrogens is 321 g/mol. The van der Waals surface area contributed by atoms with Crippen molar-refractivity contribution >= 4 is 23.4 Å². The molecule has 0 aromatic heterocycles. The fourth-order valence-corrected chi connectivity index (χ4v) is 2.81. The Morgan fingerprint density at radius 2 is 1.90 bits per heavy atom. The summed E-state index contributed by atoms with van der Waals surface area (Å²) in [6.07, 6.45) is -0.874. The van der Waals surface area contributed by atoms with E-state index < -0.39 is 12.2 Å². The molecule has 0 aliphatic carbocycles. The molecule has 0 amide bonds. The fraction of sp³-hybridized carbons (Fsp3) is 0.200. The van der Waals surface area contributed by atoms with Crippen molar-refractivity contribution in [2.75, 3.05) is 6.26 Å². The third-order valence-electron chi connectivity index (χ3n) is 2.93. The molecule has 112 valence electrons. The number of ether oxygens (including phenoxy) is 1. The lowest BCUT2D eigenvalue weighted by atomic mass is 10.1. The van der Waals surface area contributed by atoms with Crippen LogP contribution in [0, 0.1) is 12.7 Å².